The van der Waals surface area contributed by atoms with Crippen molar-refractivity contribution >= 4 is 16.0 Å². The van der Waals surface area contributed by atoms with Crippen LogP contribution in [0.5, 0.6) is 0 Å². The van der Waals surface area contributed by atoms with E-state index in [9.17, 15) is 18.3 Å². The summed E-state index contributed by atoms with van der Waals surface area (Å²) in [5, 5.41) is 13.1. The normalized spacial score (nSPS) is 29.4. The SMILES string of the molecule is Cc1cc(CS(=O)(=O)N2C(C(=O)O)CC3CCCCC32)on1. The summed E-state index contributed by atoms with van der Waals surface area (Å²) < 4.78 is 31.7. The van der Waals surface area contributed by atoms with E-state index in [4.69, 9.17) is 4.52 Å². The second-order valence-corrected chi connectivity index (χ2v) is 8.10. The molecule has 1 aliphatic carbocycles. The molecule has 1 N–H and O–H groups in total. The Labute approximate surface area is 129 Å². The van der Waals surface area contributed by atoms with Crippen LogP contribution in [0.1, 0.15) is 43.6 Å². The molecule has 0 aromatic carbocycles. The van der Waals surface area contributed by atoms with Crippen LogP contribution in [0.25, 0.3) is 0 Å². The molecule has 2 heterocycles. The van der Waals surface area contributed by atoms with Gasteiger partial charge in [0.1, 0.15) is 11.8 Å². The predicted molar refractivity (Wildman–Crippen MR) is 77.5 cm³/mol. The van der Waals surface area contributed by atoms with Gasteiger partial charge in [0.25, 0.3) is 0 Å². The lowest BCUT2D eigenvalue weighted by molar-refractivity contribution is -0.141. The van der Waals surface area contributed by atoms with Gasteiger partial charge in [-0.3, -0.25) is 4.79 Å². The first-order valence-corrected chi connectivity index (χ1v) is 9.15. The van der Waals surface area contributed by atoms with Crippen molar-refractivity contribution < 1.29 is 22.8 Å². The Morgan fingerprint density at radius 2 is 2.18 bits per heavy atom. The topological polar surface area (TPSA) is 101 Å². The van der Waals surface area contributed by atoms with Crippen LogP contribution in [0.3, 0.4) is 0 Å². The van der Waals surface area contributed by atoms with Gasteiger partial charge in [-0.1, -0.05) is 18.0 Å². The van der Waals surface area contributed by atoms with Crippen LogP contribution >= 0.6 is 0 Å². The maximum atomic E-state index is 12.8. The van der Waals surface area contributed by atoms with E-state index in [0.717, 1.165) is 25.7 Å². The number of nitrogens with zero attached hydrogens (tertiary/aromatic N) is 2. The van der Waals surface area contributed by atoms with Gasteiger partial charge in [0, 0.05) is 12.1 Å². The van der Waals surface area contributed by atoms with Crippen LogP contribution < -0.4 is 0 Å². The van der Waals surface area contributed by atoms with Gasteiger partial charge < -0.3 is 9.63 Å². The zero-order valence-corrected chi connectivity index (χ0v) is 13.3. The monoisotopic (exact) mass is 328 g/mol. The lowest BCUT2D eigenvalue weighted by Gasteiger charge is -2.31. The fourth-order valence-corrected chi connectivity index (χ4v) is 5.67. The highest BCUT2D eigenvalue weighted by Crippen LogP contribution is 2.41. The van der Waals surface area contributed by atoms with Gasteiger partial charge in [0.2, 0.25) is 10.0 Å². The summed E-state index contributed by atoms with van der Waals surface area (Å²) in [7, 11) is -3.75. The van der Waals surface area contributed by atoms with Crippen LogP contribution in [0, 0.1) is 12.8 Å². The first-order valence-electron chi connectivity index (χ1n) is 7.54. The minimum atomic E-state index is -3.75. The van der Waals surface area contributed by atoms with Crippen molar-refractivity contribution in [2.75, 3.05) is 0 Å². The number of sulfonamides is 1. The standard InChI is InChI=1S/C14H20N2O5S/c1-9-6-11(21-15-9)8-22(19,20)16-12-5-3-2-4-10(12)7-13(16)14(17)18/h6,10,12-13H,2-5,7-8H2,1H3,(H,17,18). The van der Waals surface area contributed by atoms with E-state index in [1.807, 2.05) is 0 Å². The van der Waals surface area contributed by atoms with E-state index in [-0.39, 0.29) is 23.5 Å². The molecule has 3 atom stereocenters. The van der Waals surface area contributed by atoms with Crippen LogP contribution in [0.2, 0.25) is 0 Å². The lowest BCUT2D eigenvalue weighted by atomic mass is 9.85. The molecule has 2 aliphatic rings. The summed E-state index contributed by atoms with van der Waals surface area (Å²) in [6.07, 6.45) is 4.04. The second kappa shape index (κ2) is 5.66. The molecule has 7 nitrogen and oxygen atoms in total. The van der Waals surface area contributed by atoms with Gasteiger partial charge in [-0.2, -0.15) is 4.31 Å². The second-order valence-electron chi connectivity index (χ2n) is 6.22. The molecule has 22 heavy (non-hydrogen) atoms. The number of rotatable bonds is 4. The van der Waals surface area contributed by atoms with Crippen LogP contribution in [-0.2, 0) is 20.6 Å². The highest BCUT2D eigenvalue weighted by molar-refractivity contribution is 7.88. The van der Waals surface area contributed by atoms with Crippen molar-refractivity contribution in [3.8, 4) is 0 Å². The number of carbonyl (C=O) groups is 1. The van der Waals surface area contributed by atoms with Crippen LogP contribution in [0.4, 0.5) is 0 Å². The molecule has 0 radical (unpaired) electrons. The van der Waals surface area contributed by atoms with Gasteiger partial charge >= 0.3 is 5.97 Å². The number of carboxylic acid groups (broad SMARTS) is 1. The van der Waals surface area contributed by atoms with Gasteiger partial charge in [-0.05, 0) is 32.1 Å². The van der Waals surface area contributed by atoms with Crippen molar-refractivity contribution in [1.82, 2.24) is 9.46 Å². The van der Waals surface area contributed by atoms with Crippen LogP contribution in [0.15, 0.2) is 10.6 Å². The molecule has 1 aliphatic heterocycles. The minimum absolute atomic E-state index is 0.154. The van der Waals surface area contributed by atoms with E-state index in [2.05, 4.69) is 5.16 Å². The van der Waals surface area contributed by atoms with E-state index < -0.39 is 22.0 Å². The number of aryl methyl sites for hydroxylation is 1. The van der Waals surface area contributed by atoms with Crippen molar-refractivity contribution in [2.24, 2.45) is 5.92 Å². The van der Waals surface area contributed by atoms with E-state index in [1.54, 1.807) is 13.0 Å². The summed E-state index contributed by atoms with van der Waals surface area (Å²) in [6, 6.07) is 0.424. The molecule has 0 spiro atoms. The fourth-order valence-electron chi connectivity index (χ4n) is 3.77. The molecule has 122 valence electrons. The third-order valence-corrected chi connectivity index (χ3v) is 6.45. The fraction of sp³-hybridized carbons (Fsp3) is 0.714. The average Bonchev–Trinajstić information content (AvgIpc) is 3.02. The lowest BCUT2D eigenvalue weighted by Crippen LogP contribution is -2.46. The number of carboxylic acids is 1. The molecule has 1 aromatic heterocycles. The summed E-state index contributed by atoms with van der Waals surface area (Å²) in [5.41, 5.74) is 0.608. The Bertz CT molecular complexity index is 669. The zero-order valence-electron chi connectivity index (χ0n) is 12.4. The van der Waals surface area contributed by atoms with E-state index in [1.165, 1.54) is 4.31 Å². The van der Waals surface area contributed by atoms with Crippen LogP contribution in [-0.4, -0.2) is 41.0 Å². The number of aliphatic carboxylic acids is 1. The summed E-state index contributed by atoms with van der Waals surface area (Å²) in [6.45, 7) is 1.71. The highest BCUT2D eigenvalue weighted by Gasteiger charge is 2.50. The maximum Gasteiger partial charge on any atom is 0.322 e. The van der Waals surface area contributed by atoms with Crippen molar-refractivity contribution in [1.29, 1.82) is 0 Å². The van der Waals surface area contributed by atoms with Gasteiger partial charge in [0.05, 0.1) is 5.69 Å². The van der Waals surface area contributed by atoms with E-state index >= 15 is 0 Å². The predicted octanol–water partition coefficient (Wildman–Crippen LogP) is 1.53. The largest absolute Gasteiger partial charge is 0.480 e. The third-order valence-electron chi connectivity index (χ3n) is 4.64. The average molecular weight is 328 g/mol. The van der Waals surface area contributed by atoms with Crippen molar-refractivity contribution in [2.45, 2.75) is 56.9 Å². The quantitative estimate of drug-likeness (QED) is 0.899. The smallest absolute Gasteiger partial charge is 0.322 e. The molecule has 1 saturated carbocycles. The molecule has 2 fully saturated rings. The summed E-state index contributed by atoms with van der Waals surface area (Å²) >= 11 is 0. The first-order chi connectivity index (χ1) is 10.4. The number of hydrogen-bond acceptors (Lipinski definition) is 5. The number of hydrogen-bond donors (Lipinski definition) is 1. The van der Waals surface area contributed by atoms with Crippen molar-refractivity contribution in [3.63, 3.8) is 0 Å². The molecule has 0 amide bonds. The minimum Gasteiger partial charge on any atom is -0.480 e. The molecule has 1 saturated heterocycles. The Balaban J connectivity index is 1.89. The molecule has 3 unspecified atom stereocenters. The molecule has 1 aromatic rings. The number of fused-ring (bicyclic) bond motifs is 1. The molecular formula is C14H20N2O5S. The maximum absolute atomic E-state index is 12.8. The summed E-state index contributed by atoms with van der Waals surface area (Å²) in [4.78, 5) is 11.5. The zero-order chi connectivity index (χ0) is 15.9. The Morgan fingerprint density at radius 1 is 1.45 bits per heavy atom. The number of aromatic nitrogens is 1. The van der Waals surface area contributed by atoms with Crippen molar-refractivity contribution in [3.05, 3.63) is 17.5 Å². The van der Waals surface area contributed by atoms with Gasteiger partial charge in [-0.15, -0.1) is 0 Å². The van der Waals surface area contributed by atoms with E-state index in [0.29, 0.717) is 12.1 Å². The van der Waals surface area contributed by atoms with Gasteiger partial charge in [-0.25, -0.2) is 8.42 Å². The first kappa shape index (κ1) is 15.5. The highest BCUT2D eigenvalue weighted by atomic mass is 32.2. The molecule has 0 bridgehead atoms. The Kier molecular flexibility index (Phi) is 3.98. The molecule has 8 heteroatoms. The third kappa shape index (κ3) is 2.77. The van der Waals surface area contributed by atoms with Gasteiger partial charge in [0.15, 0.2) is 5.76 Å². The molecule has 3 rings (SSSR count). The summed E-state index contributed by atoms with van der Waals surface area (Å²) in [5.74, 6) is -0.991. The Hall–Kier alpha value is -1.41. The molecular weight excluding hydrogens is 308 g/mol. The Morgan fingerprint density at radius 3 is 2.82 bits per heavy atom.